The van der Waals surface area contributed by atoms with Crippen molar-refractivity contribution in [2.45, 2.75) is 44.6 Å². The Hall–Kier alpha value is -2.51. The molecule has 0 aliphatic carbocycles. The molecule has 1 saturated heterocycles. The second-order valence-electron chi connectivity index (χ2n) is 8.07. The molecule has 0 saturated carbocycles. The molecule has 0 spiro atoms. The number of aromatic nitrogens is 4. The summed E-state index contributed by atoms with van der Waals surface area (Å²) in [6.45, 7) is 6.62. The smallest absolute Gasteiger partial charge is 0.277 e. The van der Waals surface area contributed by atoms with E-state index in [1.807, 2.05) is 6.07 Å². The fourth-order valence-corrected chi connectivity index (χ4v) is 4.04. The van der Waals surface area contributed by atoms with Crippen LogP contribution in [0.5, 0.6) is 0 Å². The molecule has 1 fully saturated rings. The lowest BCUT2D eigenvalue weighted by Gasteiger charge is -2.27. The van der Waals surface area contributed by atoms with Gasteiger partial charge in [0, 0.05) is 25.7 Å². The van der Waals surface area contributed by atoms with E-state index in [2.05, 4.69) is 60.0 Å². The van der Waals surface area contributed by atoms with Crippen molar-refractivity contribution in [1.29, 1.82) is 0 Å². The lowest BCUT2D eigenvalue weighted by Crippen LogP contribution is -2.30. The third-order valence-corrected chi connectivity index (χ3v) is 6.02. The van der Waals surface area contributed by atoms with Crippen LogP contribution in [-0.2, 0) is 4.74 Å². The molecule has 1 aromatic carbocycles. The van der Waals surface area contributed by atoms with E-state index < -0.39 is 0 Å². The van der Waals surface area contributed by atoms with Crippen LogP contribution in [0, 0.1) is 0 Å². The van der Waals surface area contributed by atoms with Crippen molar-refractivity contribution in [3.63, 3.8) is 0 Å². The van der Waals surface area contributed by atoms with E-state index in [-0.39, 0.29) is 17.5 Å². The largest absolute Gasteiger partial charge is 0.381 e. The van der Waals surface area contributed by atoms with Gasteiger partial charge in [0.1, 0.15) is 11.6 Å². The zero-order valence-electron chi connectivity index (χ0n) is 17.3. The van der Waals surface area contributed by atoms with Gasteiger partial charge in [-0.15, -0.1) is 0 Å². The second kappa shape index (κ2) is 8.47. The monoisotopic (exact) mass is 395 g/mol. The third kappa shape index (κ3) is 4.11. The molecule has 154 valence electrons. The lowest BCUT2D eigenvalue weighted by atomic mass is 10.00. The molecule has 1 aliphatic rings. The zero-order chi connectivity index (χ0) is 20.4. The normalized spacial score (nSPS) is 17.7. The molecule has 29 heavy (non-hydrogen) atoms. The number of rotatable bonds is 6. The molecule has 1 N–H and O–H groups in total. The number of benzene rings is 1. The SMILES string of the molecule is CC(CN(C)C(C)c1nn2c(C3CCOCC3)ncc2c(=O)[nH]1)c1ccccc1. The molecule has 0 amide bonds. The summed E-state index contributed by atoms with van der Waals surface area (Å²) in [6, 6.07) is 10.5. The first-order valence-electron chi connectivity index (χ1n) is 10.4. The Morgan fingerprint density at radius 3 is 2.69 bits per heavy atom. The minimum absolute atomic E-state index is 0.0248. The molecule has 2 aromatic heterocycles. The Kier molecular flexibility index (Phi) is 5.78. The molecule has 0 bridgehead atoms. The van der Waals surface area contributed by atoms with Crippen molar-refractivity contribution in [3.05, 3.63) is 64.1 Å². The van der Waals surface area contributed by atoms with Gasteiger partial charge in [0.05, 0.1) is 12.2 Å². The van der Waals surface area contributed by atoms with Gasteiger partial charge in [-0.25, -0.2) is 9.50 Å². The molecule has 1 aliphatic heterocycles. The minimum Gasteiger partial charge on any atom is -0.381 e. The van der Waals surface area contributed by atoms with Gasteiger partial charge in [0.25, 0.3) is 5.56 Å². The summed E-state index contributed by atoms with van der Waals surface area (Å²) in [7, 11) is 2.07. The maximum atomic E-state index is 12.7. The van der Waals surface area contributed by atoms with Gasteiger partial charge in [-0.05, 0) is 38.3 Å². The molecular weight excluding hydrogens is 366 g/mol. The Balaban J connectivity index is 1.58. The number of nitrogens with zero attached hydrogens (tertiary/aromatic N) is 4. The van der Waals surface area contributed by atoms with E-state index in [1.54, 1.807) is 10.7 Å². The van der Waals surface area contributed by atoms with Gasteiger partial charge in [-0.2, -0.15) is 5.10 Å². The van der Waals surface area contributed by atoms with Crippen molar-refractivity contribution >= 4 is 5.52 Å². The van der Waals surface area contributed by atoms with Crippen LogP contribution in [0.4, 0.5) is 0 Å². The van der Waals surface area contributed by atoms with Crippen LogP contribution in [-0.4, -0.2) is 51.3 Å². The first kappa shape index (κ1) is 19.8. The number of hydrogen-bond donors (Lipinski definition) is 1. The van der Waals surface area contributed by atoms with Crippen LogP contribution in [0.25, 0.3) is 5.52 Å². The van der Waals surface area contributed by atoms with Crippen molar-refractivity contribution < 1.29 is 4.74 Å². The summed E-state index contributed by atoms with van der Waals surface area (Å²) >= 11 is 0. The predicted molar refractivity (Wildman–Crippen MR) is 112 cm³/mol. The van der Waals surface area contributed by atoms with Gasteiger partial charge in [-0.3, -0.25) is 9.69 Å². The standard InChI is InChI=1S/C22H29N5O2/c1-15(17-7-5-4-6-8-17)14-26(3)16(2)20-24-22(28)19-13-23-21(27(19)25-20)18-9-11-29-12-10-18/h4-8,13,15-16,18H,9-12,14H2,1-3H3,(H,24,25,28). The summed E-state index contributed by atoms with van der Waals surface area (Å²) in [5.74, 6) is 2.18. The van der Waals surface area contributed by atoms with Crippen LogP contribution >= 0.6 is 0 Å². The quantitative estimate of drug-likeness (QED) is 0.694. The van der Waals surface area contributed by atoms with Crippen molar-refractivity contribution in [3.8, 4) is 0 Å². The first-order valence-corrected chi connectivity index (χ1v) is 10.4. The number of fused-ring (bicyclic) bond motifs is 1. The number of H-pyrrole nitrogens is 1. The Labute approximate surface area is 170 Å². The van der Waals surface area contributed by atoms with Crippen molar-refractivity contribution in [2.24, 2.45) is 0 Å². The van der Waals surface area contributed by atoms with Crippen LogP contribution in [0.3, 0.4) is 0 Å². The van der Waals surface area contributed by atoms with E-state index in [9.17, 15) is 4.79 Å². The number of imidazole rings is 1. The van der Waals surface area contributed by atoms with Crippen molar-refractivity contribution in [2.75, 3.05) is 26.8 Å². The average molecular weight is 396 g/mol. The number of ether oxygens (including phenoxy) is 1. The summed E-state index contributed by atoms with van der Waals surface area (Å²) in [5, 5.41) is 4.79. The molecule has 4 rings (SSSR count). The molecule has 7 heteroatoms. The molecule has 2 unspecified atom stereocenters. The van der Waals surface area contributed by atoms with Gasteiger partial charge < -0.3 is 9.72 Å². The van der Waals surface area contributed by atoms with Crippen LogP contribution in [0.1, 0.15) is 61.8 Å². The number of likely N-dealkylation sites (N-methyl/N-ethyl adjacent to an activating group) is 1. The Bertz CT molecular complexity index is 1010. The minimum atomic E-state index is -0.142. The first-order chi connectivity index (χ1) is 14.0. The summed E-state index contributed by atoms with van der Waals surface area (Å²) < 4.78 is 7.21. The average Bonchev–Trinajstić information content (AvgIpc) is 3.19. The van der Waals surface area contributed by atoms with E-state index in [0.717, 1.165) is 38.4 Å². The number of hydrogen-bond acceptors (Lipinski definition) is 5. The summed E-state index contributed by atoms with van der Waals surface area (Å²) in [6.07, 6.45) is 3.45. The van der Waals surface area contributed by atoms with Crippen LogP contribution < -0.4 is 5.56 Å². The highest BCUT2D eigenvalue weighted by Gasteiger charge is 2.24. The highest BCUT2D eigenvalue weighted by Crippen LogP contribution is 2.26. The second-order valence-corrected chi connectivity index (χ2v) is 8.07. The predicted octanol–water partition coefficient (Wildman–Crippen LogP) is 3.11. The van der Waals surface area contributed by atoms with E-state index in [1.165, 1.54) is 5.56 Å². The Morgan fingerprint density at radius 1 is 1.24 bits per heavy atom. The molecule has 7 nitrogen and oxygen atoms in total. The van der Waals surface area contributed by atoms with Gasteiger partial charge in [0.15, 0.2) is 5.52 Å². The van der Waals surface area contributed by atoms with Gasteiger partial charge in [0.2, 0.25) is 0 Å². The van der Waals surface area contributed by atoms with Gasteiger partial charge >= 0.3 is 0 Å². The molecular formula is C22H29N5O2. The summed E-state index contributed by atoms with van der Waals surface area (Å²) in [4.78, 5) is 22.4. The molecule has 2 atom stereocenters. The third-order valence-electron chi connectivity index (χ3n) is 6.02. The fraction of sp³-hybridized carbons (Fsp3) is 0.500. The lowest BCUT2D eigenvalue weighted by molar-refractivity contribution is 0.0832. The molecule has 3 heterocycles. The topological polar surface area (TPSA) is 75.5 Å². The number of aromatic amines is 1. The van der Waals surface area contributed by atoms with Gasteiger partial charge in [-0.1, -0.05) is 37.3 Å². The molecule has 3 aromatic rings. The molecule has 0 radical (unpaired) electrons. The van der Waals surface area contributed by atoms with Crippen molar-refractivity contribution in [1.82, 2.24) is 24.5 Å². The van der Waals surface area contributed by atoms with E-state index in [4.69, 9.17) is 9.84 Å². The summed E-state index contributed by atoms with van der Waals surface area (Å²) in [5.41, 5.74) is 1.67. The highest BCUT2D eigenvalue weighted by molar-refractivity contribution is 5.42. The zero-order valence-corrected chi connectivity index (χ0v) is 17.3. The van der Waals surface area contributed by atoms with Crippen LogP contribution in [0.2, 0.25) is 0 Å². The fourth-order valence-electron chi connectivity index (χ4n) is 4.04. The van der Waals surface area contributed by atoms with E-state index >= 15 is 0 Å². The number of nitrogens with one attached hydrogen (secondary N) is 1. The maximum absolute atomic E-state index is 12.7. The van der Waals surface area contributed by atoms with Crippen LogP contribution in [0.15, 0.2) is 41.3 Å². The Morgan fingerprint density at radius 2 is 1.97 bits per heavy atom. The maximum Gasteiger partial charge on any atom is 0.277 e. The van der Waals surface area contributed by atoms with E-state index in [0.29, 0.717) is 17.3 Å². The highest BCUT2D eigenvalue weighted by atomic mass is 16.5.